The average Bonchev–Trinajstić information content (AvgIpc) is 1.65. The van der Waals surface area contributed by atoms with Gasteiger partial charge < -0.3 is 154 Å². The monoisotopic (exact) mass is 2000 g/mol. The summed E-state index contributed by atoms with van der Waals surface area (Å²) in [6.45, 7) is 11.2. The Morgan fingerprint density at radius 1 is 0.436 bits per heavy atom. The Labute approximate surface area is 805 Å². The number of primary amides is 2. The second kappa shape index (κ2) is 58.6. The number of benzene rings is 1. The van der Waals surface area contributed by atoms with Crippen LogP contribution in [0.25, 0.3) is 10.9 Å². The number of hydrogen-bond donors (Lipinski definition) is 30. The number of thiol groups is 1. The Bertz CT molecular complexity index is 4860. The van der Waals surface area contributed by atoms with Gasteiger partial charge in [0, 0.05) is 68.0 Å². The summed E-state index contributed by atoms with van der Waals surface area (Å²) in [5.74, 6) is -36.4. The lowest BCUT2D eigenvalue weighted by molar-refractivity contribution is -0.144. The Kier molecular flexibility index (Phi) is 49.9. The van der Waals surface area contributed by atoms with E-state index in [1.807, 2.05) is 16.0 Å². The van der Waals surface area contributed by atoms with Gasteiger partial charge in [-0.2, -0.15) is 12.6 Å². The van der Waals surface area contributed by atoms with Crippen molar-refractivity contribution in [2.75, 3.05) is 18.8 Å². The molecule has 1 saturated heterocycles. The SMILES string of the molecule is CC[C@H](C)[C@H](NC(=O)[C@H](CCC(=O)O)NC(=O)[C@H](CC(=O)O)NC(=O)[C@@H]1CCCN1C(=O)[C@H](C)NC(=O)[C@H](Cc1c[nH]c2ccccc12)NC(=O)[C@H](C)NC(=O)[C@H](CC(C)C)NC(=O)[C@@H](N)CCC(=O)O)C(=O)N[C@@H](CCCNC(=N)N)C(=O)N[C@@H](CCC(=O)O)C(=O)N[C@@H](CCC(=O)O)C(=O)N[C@H](C(=O)N[C@@H](CC(=O)O)C(=O)N[C@@H](CC(N)=O)C(=O)N[C@@H](CC(N)=O)C(=O)N[C@@H](CS)C(=O)O)C(C)C. The van der Waals surface area contributed by atoms with Crippen molar-refractivity contribution in [2.24, 2.45) is 40.7 Å². The molecule has 18 amide bonds. The van der Waals surface area contributed by atoms with Crippen molar-refractivity contribution >= 4 is 178 Å². The van der Waals surface area contributed by atoms with E-state index in [4.69, 9.17) is 33.5 Å². The van der Waals surface area contributed by atoms with Crippen molar-refractivity contribution in [2.45, 2.75) is 280 Å². The highest BCUT2D eigenvalue weighted by atomic mass is 32.1. The third kappa shape index (κ3) is 41.6. The third-order valence-corrected chi connectivity index (χ3v) is 22.2. The highest BCUT2D eigenvalue weighted by Crippen LogP contribution is 2.23. The number of hydrogen-bond acceptors (Lipinski definition) is 28. The van der Waals surface area contributed by atoms with Gasteiger partial charge in [-0.05, 0) is 101 Å². The predicted molar refractivity (Wildman–Crippen MR) is 489 cm³/mol. The third-order valence-electron chi connectivity index (χ3n) is 21.8. The minimum Gasteiger partial charge on any atom is -0.481 e. The van der Waals surface area contributed by atoms with E-state index in [2.05, 4.69) is 86.7 Å². The van der Waals surface area contributed by atoms with Gasteiger partial charge >= 0.3 is 41.8 Å². The Morgan fingerprint density at radius 3 is 1.27 bits per heavy atom. The molecule has 1 aliphatic rings. The molecule has 33 N–H and O–H groups in total. The van der Waals surface area contributed by atoms with E-state index in [9.17, 15) is 151 Å². The fraction of sp³-hybridized carbons (Fsp3) is 0.595. The van der Waals surface area contributed by atoms with Crippen LogP contribution in [0, 0.1) is 23.2 Å². The number of carbonyl (C=O) groups excluding carboxylic acids is 18. The molecule has 1 aromatic heterocycles. The fourth-order valence-corrected chi connectivity index (χ4v) is 14.3. The molecule has 2 aromatic rings. The number of likely N-dealkylation sites (tertiary alicyclic amines) is 1. The van der Waals surface area contributed by atoms with Gasteiger partial charge in [0.1, 0.15) is 96.7 Å². The number of rotatable bonds is 64. The van der Waals surface area contributed by atoms with E-state index >= 15 is 0 Å². The van der Waals surface area contributed by atoms with Crippen LogP contribution in [0.1, 0.15) is 177 Å². The van der Waals surface area contributed by atoms with Gasteiger partial charge in [0.2, 0.25) is 106 Å². The zero-order chi connectivity index (χ0) is 106. The van der Waals surface area contributed by atoms with Crippen molar-refractivity contribution in [3.05, 3.63) is 36.0 Å². The number of carbonyl (C=O) groups is 25. The van der Waals surface area contributed by atoms with Crippen molar-refractivity contribution in [3.8, 4) is 0 Å². The van der Waals surface area contributed by atoms with Crippen LogP contribution in [0.2, 0.25) is 0 Å². The number of fused-ring (bicyclic) bond motifs is 1. The maximum atomic E-state index is 14.8. The number of H-pyrrole nitrogens is 1. The van der Waals surface area contributed by atoms with Gasteiger partial charge in [-0.1, -0.05) is 66.2 Å². The molecule has 55 nitrogen and oxygen atoms in total. The highest BCUT2D eigenvalue weighted by Gasteiger charge is 2.44. The first-order chi connectivity index (χ1) is 65.5. The molecule has 0 saturated carbocycles. The number of aromatic nitrogens is 1. The molecule has 0 bridgehead atoms. The first-order valence-corrected chi connectivity index (χ1v) is 45.1. The smallest absolute Gasteiger partial charge is 0.327 e. The van der Waals surface area contributed by atoms with Crippen LogP contribution in [0.15, 0.2) is 30.5 Å². The average molecular weight is 2000 g/mol. The summed E-state index contributed by atoms with van der Waals surface area (Å²) in [5.41, 5.74) is 23.1. The lowest BCUT2D eigenvalue weighted by Gasteiger charge is -2.30. The molecule has 0 unspecified atom stereocenters. The van der Waals surface area contributed by atoms with Crippen LogP contribution in [0.5, 0.6) is 0 Å². The number of carboxylic acids is 7. The first kappa shape index (κ1) is 119. The number of nitrogens with zero attached hydrogens (tertiary/aromatic N) is 1. The van der Waals surface area contributed by atoms with Gasteiger partial charge in [-0.25, -0.2) is 4.79 Å². The number of guanidine groups is 1. The molecule has 1 fully saturated rings. The van der Waals surface area contributed by atoms with Crippen molar-refractivity contribution < 1.29 is 156 Å². The molecule has 18 atom stereocenters. The summed E-state index contributed by atoms with van der Waals surface area (Å²) >= 11 is 3.82. The number of aromatic amines is 1. The van der Waals surface area contributed by atoms with Gasteiger partial charge in [-0.3, -0.25) is 120 Å². The molecule has 2 heterocycles. The minimum atomic E-state index is -2.25. The Morgan fingerprint density at radius 2 is 0.821 bits per heavy atom. The van der Waals surface area contributed by atoms with Crippen LogP contribution in [0.4, 0.5) is 0 Å². The van der Waals surface area contributed by atoms with Crippen molar-refractivity contribution in [3.63, 3.8) is 0 Å². The number of carboxylic acid groups (broad SMARTS) is 7. The molecule has 1 aromatic carbocycles. The molecule has 3 rings (SSSR count). The number of aliphatic carboxylic acids is 7. The normalized spacial score (nSPS) is 15.8. The van der Waals surface area contributed by atoms with Gasteiger partial charge in [0.05, 0.1) is 31.7 Å². The Balaban J connectivity index is 1.97. The van der Waals surface area contributed by atoms with Crippen molar-refractivity contribution in [1.29, 1.82) is 5.41 Å². The minimum absolute atomic E-state index is 0.00566. The van der Waals surface area contributed by atoms with E-state index in [1.165, 1.54) is 41.5 Å². The number of para-hydroxylation sites is 1. The molecule has 0 spiro atoms. The van der Waals surface area contributed by atoms with Gasteiger partial charge in [0.25, 0.3) is 0 Å². The van der Waals surface area contributed by atoms with Crippen LogP contribution < -0.4 is 108 Å². The van der Waals surface area contributed by atoms with E-state index in [0.29, 0.717) is 16.5 Å². The topological polar surface area (TPSA) is 908 Å². The summed E-state index contributed by atoms with van der Waals surface area (Å²) in [5, 5.41) is 113. The Hall–Kier alpha value is -14.9. The molecule has 140 heavy (non-hydrogen) atoms. The van der Waals surface area contributed by atoms with Crippen LogP contribution in [-0.4, -0.2) is 321 Å². The zero-order valence-electron chi connectivity index (χ0n) is 78.0. The van der Waals surface area contributed by atoms with Crippen molar-refractivity contribution in [1.82, 2.24) is 95.0 Å². The highest BCUT2D eigenvalue weighted by molar-refractivity contribution is 7.80. The first-order valence-electron chi connectivity index (χ1n) is 44.4. The van der Waals surface area contributed by atoms with E-state index in [-0.39, 0.29) is 64.0 Å². The summed E-state index contributed by atoms with van der Waals surface area (Å²) in [6.07, 6.45) is -9.96. The molecule has 0 radical (unpaired) electrons. The summed E-state index contributed by atoms with van der Waals surface area (Å²) in [7, 11) is 0. The van der Waals surface area contributed by atoms with Gasteiger partial charge in [-0.15, -0.1) is 0 Å². The maximum absolute atomic E-state index is 14.8. The number of nitrogens with two attached hydrogens (primary N) is 4. The maximum Gasteiger partial charge on any atom is 0.327 e. The lowest BCUT2D eigenvalue weighted by Crippen LogP contribution is -2.62. The largest absolute Gasteiger partial charge is 0.481 e. The second-order valence-electron chi connectivity index (χ2n) is 34.0. The number of nitrogens with one attached hydrogen (secondary N) is 18. The fourth-order valence-electron chi connectivity index (χ4n) is 14.1. The molecular weight excluding hydrogens is 1880 g/mol. The lowest BCUT2D eigenvalue weighted by atomic mass is 9.96. The van der Waals surface area contributed by atoms with Crippen LogP contribution in [-0.2, 0) is 126 Å². The summed E-state index contributed by atoms with van der Waals surface area (Å²) in [6, 6.07) is -23.5. The van der Waals surface area contributed by atoms with Crippen LogP contribution >= 0.6 is 12.6 Å². The molecule has 0 aliphatic carbocycles. The summed E-state index contributed by atoms with van der Waals surface area (Å²) in [4.78, 5) is 339. The van der Waals surface area contributed by atoms with E-state index in [0.717, 1.165) is 4.90 Å². The molecule has 56 heteroatoms. The molecular formula is C84H127N23O32S. The quantitative estimate of drug-likeness (QED) is 0.0127. The number of amides is 18. The van der Waals surface area contributed by atoms with Gasteiger partial charge in [0.15, 0.2) is 5.96 Å². The molecule has 776 valence electrons. The van der Waals surface area contributed by atoms with Crippen LogP contribution in [0.3, 0.4) is 0 Å². The standard InChI is InChI=1S/C84H127N23O32S/c1-9-38(6)66(81(136)97-45(16-12-26-90-84(88)89)69(124)94-46(19-23-60(112)113)70(125)95-47(20-24-61(114)115)71(126)105-65(37(4)5)80(135)103-54(33-64(120)121)78(133)101-51(30-57(86)108)75(130)100-52(31-58(87)109)76(131)104-55(35-140)83(138)139)106-72(127)48(21-25-62(116)117)96-77(132)53(32-63(118)119)102-79(134)56-17-13-27-107(56)82(137)40(8)93-74(129)50(29-41-34-91-44-15-11-10-14-42(41)44)98-67(122)39(7)92-73(128)49(28-36(2)3)99-68(123)43(85)18-22-59(110)111/h10-11,14-15,34,36-40,43,45-56,65-66,91,140H,9,12-13,16-33,35,85H2,1-8H3,(H2,86,108)(H2,87,109)(H,92,128)(H,93,129)(H,94,124)(H,95,125)(H,96,132)(H,97,136)(H,98,122)(H,99,123)(H,100,130)(H,101,133)(H,102,134)(H,103,135)(H,104,131)(H,105,126)(H,106,127)(H,110,111)(H,112,113)(H,114,115)(H,116,117)(H,118,119)(H,120,121)(H,138,139)(H4,88,89,90)/t38-,39-,40-,43-,45-,46-,47-,48-,49-,50-,51-,52-,53-,54-,55-,56-,65-,66-/m0/s1. The van der Waals surface area contributed by atoms with E-state index < -0.39 is 351 Å². The van der Waals surface area contributed by atoms with E-state index in [1.54, 1.807) is 44.3 Å². The predicted octanol–water partition coefficient (Wildman–Crippen LogP) is -8.47. The second-order valence-corrected chi connectivity index (χ2v) is 34.4. The molecule has 1 aliphatic heterocycles. The summed E-state index contributed by atoms with van der Waals surface area (Å²) < 4.78 is 0. The zero-order valence-corrected chi connectivity index (χ0v) is 78.9.